The Morgan fingerprint density at radius 2 is 1.93 bits per heavy atom. The molecule has 0 fully saturated rings. The Hall–Kier alpha value is -1.36. The molecule has 0 amide bonds. The van der Waals surface area contributed by atoms with Crippen LogP contribution < -0.4 is 4.83 Å². The molecule has 1 rings (SSSR count). The van der Waals surface area contributed by atoms with Crippen LogP contribution >= 0.6 is 0 Å². The van der Waals surface area contributed by atoms with Crippen molar-refractivity contribution < 1.29 is 8.42 Å². The molecular weight excluding hydrogens is 212 g/mol. The van der Waals surface area contributed by atoms with Gasteiger partial charge in [-0.2, -0.15) is 13.5 Å². The molecule has 1 aromatic rings. The van der Waals surface area contributed by atoms with E-state index in [9.17, 15) is 8.42 Å². The van der Waals surface area contributed by atoms with Crippen molar-refractivity contribution in [3.8, 4) is 0 Å². The van der Waals surface area contributed by atoms with Crippen LogP contribution in [0.3, 0.4) is 0 Å². The third-order valence-corrected chi connectivity index (χ3v) is 3.02. The fraction of sp³-hybridized carbons (Fsp3) is 0.300. The molecule has 0 atom stereocenters. The van der Waals surface area contributed by atoms with Gasteiger partial charge >= 0.3 is 0 Å². The number of nitrogens with zero attached hydrogens (tertiary/aromatic N) is 1. The smallest absolute Gasteiger partial charge is 0.200 e. The van der Waals surface area contributed by atoms with Gasteiger partial charge in [0.2, 0.25) is 0 Å². The highest BCUT2D eigenvalue weighted by atomic mass is 32.2. The van der Waals surface area contributed by atoms with Gasteiger partial charge in [-0.05, 0) is 25.5 Å². The summed E-state index contributed by atoms with van der Waals surface area (Å²) in [5.41, 5.74) is 1.02. The zero-order valence-corrected chi connectivity index (χ0v) is 9.58. The van der Waals surface area contributed by atoms with Crippen molar-refractivity contribution in [2.45, 2.75) is 25.2 Å². The van der Waals surface area contributed by atoms with Gasteiger partial charge in [-0.1, -0.05) is 24.6 Å². The van der Waals surface area contributed by atoms with E-state index < -0.39 is 10.0 Å². The summed E-state index contributed by atoms with van der Waals surface area (Å²) in [4.78, 5) is 2.36. The molecule has 0 bridgehead atoms. The van der Waals surface area contributed by atoms with Gasteiger partial charge in [0, 0.05) is 6.21 Å². The Morgan fingerprint density at radius 1 is 1.33 bits per heavy atom. The SMILES string of the molecule is CCC=NNS(=O)(=O)c1ccc(C)cc1. The highest BCUT2D eigenvalue weighted by Crippen LogP contribution is 2.09. The van der Waals surface area contributed by atoms with Crippen molar-refractivity contribution in [2.75, 3.05) is 0 Å². The predicted molar refractivity (Wildman–Crippen MR) is 60.3 cm³/mol. The van der Waals surface area contributed by atoms with Crippen LogP contribution in [0.4, 0.5) is 0 Å². The van der Waals surface area contributed by atoms with Crippen LogP contribution in [0.15, 0.2) is 34.3 Å². The van der Waals surface area contributed by atoms with Crippen molar-refractivity contribution in [3.63, 3.8) is 0 Å². The summed E-state index contributed by atoms with van der Waals surface area (Å²) < 4.78 is 23.2. The minimum atomic E-state index is -3.50. The molecule has 0 saturated heterocycles. The average molecular weight is 226 g/mol. The van der Waals surface area contributed by atoms with E-state index >= 15 is 0 Å². The number of hydrazone groups is 1. The average Bonchev–Trinajstić information content (AvgIpc) is 2.18. The Morgan fingerprint density at radius 3 is 2.47 bits per heavy atom. The number of aryl methyl sites for hydroxylation is 1. The third kappa shape index (κ3) is 3.36. The molecule has 0 unspecified atom stereocenters. The standard InChI is InChI=1S/C10H14N2O2S/c1-3-8-11-12-15(13,14)10-6-4-9(2)5-7-10/h4-8,12H,3H2,1-2H3. The molecule has 15 heavy (non-hydrogen) atoms. The minimum Gasteiger partial charge on any atom is -0.200 e. The molecule has 0 aliphatic rings. The number of hydrogen-bond donors (Lipinski definition) is 1. The molecule has 82 valence electrons. The summed E-state index contributed by atoms with van der Waals surface area (Å²) in [5.74, 6) is 0. The monoisotopic (exact) mass is 226 g/mol. The first-order valence-electron chi connectivity index (χ1n) is 4.66. The van der Waals surface area contributed by atoms with Gasteiger partial charge in [0.15, 0.2) is 0 Å². The van der Waals surface area contributed by atoms with E-state index in [1.807, 2.05) is 13.8 Å². The maximum absolute atomic E-state index is 11.6. The molecule has 0 spiro atoms. The fourth-order valence-electron chi connectivity index (χ4n) is 0.968. The molecule has 0 saturated carbocycles. The van der Waals surface area contributed by atoms with Crippen molar-refractivity contribution in [2.24, 2.45) is 5.10 Å². The summed E-state index contributed by atoms with van der Waals surface area (Å²) >= 11 is 0. The predicted octanol–water partition coefficient (Wildman–Crippen LogP) is 1.67. The summed E-state index contributed by atoms with van der Waals surface area (Å²) in [5, 5.41) is 3.60. The summed E-state index contributed by atoms with van der Waals surface area (Å²) in [6.45, 7) is 3.78. The molecule has 4 nitrogen and oxygen atoms in total. The molecule has 0 aromatic heterocycles. The van der Waals surface area contributed by atoms with Crippen LogP contribution in [0.2, 0.25) is 0 Å². The molecule has 1 N–H and O–H groups in total. The van der Waals surface area contributed by atoms with Gasteiger partial charge in [-0.25, -0.2) is 4.83 Å². The Balaban J connectivity index is 2.87. The number of rotatable bonds is 4. The highest BCUT2D eigenvalue weighted by Gasteiger charge is 2.11. The van der Waals surface area contributed by atoms with Gasteiger partial charge in [-0.15, -0.1) is 0 Å². The van der Waals surface area contributed by atoms with E-state index in [4.69, 9.17) is 0 Å². The second kappa shape index (κ2) is 4.93. The first kappa shape index (κ1) is 11.7. The van der Waals surface area contributed by atoms with Gasteiger partial charge in [-0.3, -0.25) is 0 Å². The van der Waals surface area contributed by atoms with E-state index in [1.165, 1.54) is 6.21 Å². The minimum absolute atomic E-state index is 0.223. The van der Waals surface area contributed by atoms with Crippen LogP contribution in [0.25, 0.3) is 0 Å². The highest BCUT2D eigenvalue weighted by molar-refractivity contribution is 7.89. The Bertz CT molecular complexity index is 435. The molecule has 5 heteroatoms. The van der Waals surface area contributed by atoms with Crippen molar-refractivity contribution in [3.05, 3.63) is 29.8 Å². The molecule has 1 aromatic carbocycles. The number of nitrogens with one attached hydrogen (secondary N) is 1. The summed E-state index contributed by atoms with van der Waals surface area (Å²) in [7, 11) is -3.50. The first-order valence-corrected chi connectivity index (χ1v) is 6.14. The Kier molecular flexibility index (Phi) is 3.85. The lowest BCUT2D eigenvalue weighted by molar-refractivity contribution is 0.584. The van der Waals surface area contributed by atoms with Crippen LogP contribution in [-0.2, 0) is 10.0 Å². The first-order chi connectivity index (χ1) is 7.06. The lowest BCUT2D eigenvalue weighted by Gasteiger charge is -2.02. The van der Waals surface area contributed by atoms with E-state index in [2.05, 4.69) is 9.93 Å². The molecule has 0 aliphatic heterocycles. The maximum atomic E-state index is 11.6. The molecule has 0 heterocycles. The maximum Gasteiger partial charge on any atom is 0.276 e. The Labute approximate surface area is 90.1 Å². The number of hydrogen-bond acceptors (Lipinski definition) is 3. The van der Waals surface area contributed by atoms with E-state index in [0.29, 0.717) is 6.42 Å². The lowest BCUT2D eigenvalue weighted by Crippen LogP contribution is -2.18. The van der Waals surface area contributed by atoms with Crippen molar-refractivity contribution in [1.29, 1.82) is 0 Å². The zero-order valence-electron chi connectivity index (χ0n) is 8.77. The van der Waals surface area contributed by atoms with Gasteiger partial charge in [0.1, 0.15) is 0 Å². The van der Waals surface area contributed by atoms with Crippen LogP contribution in [0, 0.1) is 6.92 Å². The van der Waals surface area contributed by atoms with Crippen LogP contribution in [0.1, 0.15) is 18.9 Å². The second-order valence-electron chi connectivity index (χ2n) is 3.13. The van der Waals surface area contributed by atoms with Gasteiger partial charge < -0.3 is 0 Å². The second-order valence-corrected chi connectivity index (χ2v) is 4.79. The van der Waals surface area contributed by atoms with E-state index in [1.54, 1.807) is 24.3 Å². The number of benzene rings is 1. The largest absolute Gasteiger partial charge is 0.276 e. The van der Waals surface area contributed by atoms with Crippen molar-refractivity contribution in [1.82, 2.24) is 4.83 Å². The normalized spacial score (nSPS) is 11.9. The van der Waals surface area contributed by atoms with Gasteiger partial charge in [0.25, 0.3) is 10.0 Å². The summed E-state index contributed by atoms with van der Waals surface area (Å²) in [6, 6.07) is 6.61. The molecular formula is C10H14N2O2S. The topological polar surface area (TPSA) is 58.5 Å². The fourth-order valence-corrected chi connectivity index (χ4v) is 1.78. The quantitative estimate of drug-likeness (QED) is 0.627. The molecule has 0 aliphatic carbocycles. The van der Waals surface area contributed by atoms with Crippen LogP contribution in [0.5, 0.6) is 0 Å². The summed E-state index contributed by atoms with van der Waals surface area (Å²) in [6.07, 6.45) is 2.20. The molecule has 0 radical (unpaired) electrons. The number of sulfonamides is 1. The third-order valence-electron chi connectivity index (χ3n) is 1.78. The zero-order chi connectivity index (χ0) is 11.3. The van der Waals surface area contributed by atoms with Gasteiger partial charge in [0.05, 0.1) is 4.90 Å². The van der Waals surface area contributed by atoms with Crippen LogP contribution in [-0.4, -0.2) is 14.6 Å². The van der Waals surface area contributed by atoms with E-state index in [0.717, 1.165) is 5.56 Å². The van der Waals surface area contributed by atoms with E-state index in [-0.39, 0.29) is 4.90 Å². The van der Waals surface area contributed by atoms with Crippen molar-refractivity contribution >= 4 is 16.2 Å². The lowest BCUT2D eigenvalue weighted by atomic mass is 10.2.